The number of nitrogens with zero attached hydrogens (tertiary/aromatic N) is 3. The number of benzene rings is 1. The molecule has 8 heteroatoms. The molecule has 2 saturated heterocycles. The first-order chi connectivity index (χ1) is 11.2. The van der Waals surface area contributed by atoms with Gasteiger partial charge in [0.05, 0.1) is 11.7 Å². The van der Waals surface area contributed by atoms with Gasteiger partial charge in [0.25, 0.3) is 5.88 Å². The average molecular weight is 355 g/mol. The number of fused-ring (bicyclic) bond motifs is 2. The minimum Gasteiger partial charge on any atom is -0.470 e. The lowest BCUT2D eigenvalue weighted by molar-refractivity contribution is 0.133. The molecule has 1 aromatic heterocycles. The first kappa shape index (κ1) is 15.3. The summed E-state index contributed by atoms with van der Waals surface area (Å²) in [5.41, 5.74) is 0.446. The Labute approximate surface area is 141 Å². The van der Waals surface area contributed by atoms with Gasteiger partial charge in [-0.25, -0.2) is 8.78 Å². The second-order valence-electron chi connectivity index (χ2n) is 5.86. The predicted molar refractivity (Wildman–Crippen MR) is 84.8 cm³/mol. The standard InChI is InChI=1S/C15H15F2N3OS2/c16-11-2-1-10(12(17)5-11)8-22-15-14(18-23-19-15)21-13-7-20-4-3-9(13)6-20/h1-2,5,9,13H,3-4,6-8H2. The van der Waals surface area contributed by atoms with Gasteiger partial charge in [0.15, 0.2) is 5.03 Å². The summed E-state index contributed by atoms with van der Waals surface area (Å²) >= 11 is 2.46. The first-order valence-electron chi connectivity index (χ1n) is 7.47. The van der Waals surface area contributed by atoms with Crippen molar-refractivity contribution >= 4 is 23.5 Å². The van der Waals surface area contributed by atoms with Crippen LogP contribution in [0, 0.1) is 17.6 Å². The fourth-order valence-electron chi connectivity index (χ4n) is 3.13. The van der Waals surface area contributed by atoms with Gasteiger partial charge in [-0.05, 0) is 24.6 Å². The molecule has 0 radical (unpaired) electrons. The first-order valence-corrected chi connectivity index (χ1v) is 9.19. The zero-order chi connectivity index (χ0) is 15.8. The lowest BCUT2D eigenvalue weighted by Crippen LogP contribution is -2.32. The van der Waals surface area contributed by atoms with Crippen LogP contribution in [0.1, 0.15) is 12.0 Å². The number of rotatable bonds is 5. The van der Waals surface area contributed by atoms with Crippen LogP contribution in [0.3, 0.4) is 0 Å². The summed E-state index contributed by atoms with van der Waals surface area (Å²) in [6, 6.07) is 3.62. The van der Waals surface area contributed by atoms with Crippen LogP contribution in [0.25, 0.3) is 0 Å². The minimum absolute atomic E-state index is 0.176. The van der Waals surface area contributed by atoms with E-state index in [4.69, 9.17) is 4.74 Å². The highest BCUT2D eigenvalue weighted by atomic mass is 32.2. The molecular weight excluding hydrogens is 340 g/mol. The smallest absolute Gasteiger partial charge is 0.260 e. The van der Waals surface area contributed by atoms with E-state index in [2.05, 4.69) is 13.6 Å². The third-order valence-electron chi connectivity index (χ3n) is 4.35. The number of piperidine rings is 1. The van der Waals surface area contributed by atoms with E-state index < -0.39 is 11.6 Å². The van der Waals surface area contributed by atoms with Gasteiger partial charge >= 0.3 is 0 Å². The molecule has 3 atom stereocenters. The van der Waals surface area contributed by atoms with E-state index >= 15 is 0 Å². The molecule has 4 nitrogen and oxygen atoms in total. The van der Waals surface area contributed by atoms with Gasteiger partial charge in [-0.1, -0.05) is 17.8 Å². The monoisotopic (exact) mass is 355 g/mol. The normalized spacial score (nSPS) is 25.9. The van der Waals surface area contributed by atoms with Gasteiger partial charge in [-0.2, -0.15) is 4.37 Å². The van der Waals surface area contributed by atoms with E-state index in [0.717, 1.165) is 37.4 Å². The number of ether oxygens (including phenoxy) is 1. The molecule has 3 heterocycles. The quantitative estimate of drug-likeness (QED) is 0.770. The van der Waals surface area contributed by atoms with Gasteiger partial charge in [0.2, 0.25) is 0 Å². The van der Waals surface area contributed by atoms with Crippen molar-refractivity contribution in [3.63, 3.8) is 0 Å². The number of thioether (sulfide) groups is 1. The number of hydrogen-bond acceptors (Lipinski definition) is 6. The van der Waals surface area contributed by atoms with E-state index in [0.29, 0.717) is 28.1 Å². The van der Waals surface area contributed by atoms with Crippen molar-refractivity contribution in [1.82, 2.24) is 13.6 Å². The zero-order valence-corrected chi connectivity index (χ0v) is 13.9. The van der Waals surface area contributed by atoms with Crippen LogP contribution in [0.15, 0.2) is 23.2 Å². The summed E-state index contributed by atoms with van der Waals surface area (Å²) in [7, 11) is 0. The summed E-state index contributed by atoms with van der Waals surface area (Å²) in [6.45, 7) is 3.20. The van der Waals surface area contributed by atoms with Crippen molar-refractivity contribution in [2.75, 3.05) is 19.6 Å². The average Bonchev–Trinajstić information content (AvgIpc) is 3.24. The van der Waals surface area contributed by atoms with Gasteiger partial charge < -0.3 is 4.74 Å². The molecule has 2 fully saturated rings. The lowest BCUT2D eigenvalue weighted by atomic mass is 10.0. The maximum Gasteiger partial charge on any atom is 0.260 e. The SMILES string of the molecule is Fc1ccc(CSc2nsnc2OC2CN3CCC2C3)c(F)c1. The second-order valence-corrected chi connectivity index (χ2v) is 7.36. The molecule has 0 aliphatic carbocycles. The molecule has 2 bridgehead atoms. The maximum absolute atomic E-state index is 13.7. The lowest BCUT2D eigenvalue weighted by Gasteiger charge is -2.22. The van der Waals surface area contributed by atoms with Crippen molar-refractivity contribution in [2.45, 2.75) is 23.3 Å². The van der Waals surface area contributed by atoms with Crippen LogP contribution in [-0.2, 0) is 5.75 Å². The molecule has 2 aromatic rings. The van der Waals surface area contributed by atoms with E-state index in [9.17, 15) is 8.78 Å². The highest BCUT2D eigenvalue weighted by Gasteiger charge is 2.40. The van der Waals surface area contributed by atoms with E-state index in [1.165, 1.54) is 30.3 Å². The van der Waals surface area contributed by atoms with E-state index in [-0.39, 0.29) is 6.10 Å². The molecule has 0 amide bonds. The second kappa shape index (κ2) is 6.33. The van der Waals surface area contributed by atoms with Crippen molar-refractivity contribution < 1.29 is 13.5 Å². The van der Waals surface area contributed by atoms with E-state index in [1.54, 1.807) is 0 Å². The van der Waals surface area contributed by atoms with Crippen LogP contribution in [-0.4, -0.2) is 39.4 Å². The molecule has 0 N–H and O–H groups in total. The van der Waals surface area contributed by atoms with E-state index in [1.807, 2.05) is 0 Å². The Balaban J connectivity index is 1.41. The minimum atomic E-state index is -0.568. The molecule has 1 aromatic carbocycles. The van der Waals surface area contributed by atoms with Crippen molar-refractivity contribution in [2.24, 2.45) is 5.92 Å². The summed E-state index contributed by atoms with van der Waals surface area (Å²) < 4.78 is 41.1. The topological polar surface area (TPSA) is 38.3 Å². The summed E-state index contributed by atoms with van der Waals surface area (Å²) in [4.78, 5) is 2.40. The van der Waals surface area contributed by atoms with Gasteiger partial charge in [-0.3, -0.25) is 4.90 Å². The molecule has 2 aliphatic heterocycles. The molecule has 0 spiro atoms. The molecule has 3 unspecified atom stereocenters. The number of aromatic nitrogens is 2. The van der Waals surface area contributed by atoms with Crippen LogP contribution in [0.4, 0.5) is 8.78 Å². The number of hydrogen-bond donors (Lipinski definition) is 0. The van der Waals surface area contributed by atoms with Gasteiger partial charge in [-0.15, -0.1) is 4.37 Å². The molecule has 23 heavy (non-hydrogen) atoms. The largest absolute Gasteiger partial charge is 0.470 e. The molecular formula is C15H15F2N3OS2. The Bertz CT molecular complexity index is 712. The summed E-state index contributed by atoms with van der Waals surface area (Å²) in [5, 5.41) is 0.677. The highest BCUT2D eigenvalue weighted by molar-refractivity contribution is 7.98. The Hall–Kier alpha value is -1.25. The molecule has 2 aliphatic rings. The van der Waals surface area contributed by atoms with Crippen LogP contribution in [0.5, 0.6) is 5.88 Å². The maximum atomic E-state index is 13.7. The fraction of sp³-hybridized carbons (Fsp3) is 0.467. The molecule has 4 rings (SSSR count). The molecule has 122 valence electrons. The molecule has 0 saturated carbocycles. The zero-order valence-electron chi connectivity index (χ0n) is 12.2. The van der Waals surface area contributed by atoms with Gasteiger partial charge in [0, 0.05) is 30.8 Å². The Morgan fingerprint density at radius 2 is 2.22 bits per heavy atom. The number of halogens is 2. The third kappa shape index (κ3) is 3.20. The fourth-order valence-corrected chi connectivity index (χ4v) is 4.64. The van der Waals surface area contributed by atoms with Crippen LogP contribution < -0.4 is 4.74 Å². The highest BCUT2D eigenvalue weighted by Crippen LogP contribution is 2.35. The van der Waals surface area contributed by atoms with Crippen LogP contribution in [0.2, 0.25) is 0 Å². The predicted octanol–water partition coefficient (Wildman–Crippen LogP) is 3.19. The summed E-state index contributed by atoms with van der Waals surface area (Å²) in [6.07, 6.45) is 1.35. The van der Waals surface area contributed by atoms with Crippen molar-refractivity contribution in [3.8, 4) is 5.88 Å². The Morgan fingerprint density at radius 3 is 2.96 bits per heavy atom. The Morgan fingerprint density at radius 1 is 1.30 bits per heavy atom. The Kier molecular flexibility index (Phi) is 4.21. The van der Waals surface area contributed by atoms with Gasteiger partial charge in [0.1, 0.15) is 17.7 Å². The van der Waals surface area contributed by atoms with Crippen molar-refractivity contribution in [3.05, 3.63) is 35.4 Å². The third-order valence-corrected chi connectivity index (χ3v) is 5.97. The van der Waals surface area contributed by atoms with Crippen LogP contribution >= 0.6 is 23.5 Å². The summed E-state index contributed by atoms with van der Waals surface area (Å²) in [5.74, 6) is 0.380. The van der Waals surface area contributed by atoms with Crippen molar-refractivity contribution in [1.29, 1.82) is 0 Å².